The summed E-state index contributed by atoms with van der Waals surface area (Å²) in [5.41, 5.74) is 0. The largest absolute Gasteiger partial charge is 0.396 e. The van der Waals surface area contributed by atoms with Crippen LogP contribution in [0, 0.1) is 0 Å². The Hall–Kier alpha value is -1.69. The van der Waals surface area contributed by atoms with Crippen LogP contribution >= 0.6 is 22.7 Å². The van der Waals surface area contributed by atoms with E-state index < -0.39 is 0 Å². The van der Waals surface area contributed by atoms with Crippen molar-refractivity contribution in [2.45, 2.75) is 18.8 Å². The van der Waals surface area contributed by atoms with E-state index >= 15 is 0 Å². The summed E-state index contributed by atoms with van der Waals surface area (Å²) in [6, 6.07) is 14.1. The van der Waals surface area contributed by atoms with Crippen LogP contribution in [0.25, 0.3) is 10.1 Å². The molecule has 120 valence electrons. The number of aliphatic hydroxyl groups is 1. The van der Waals surface area contributed by atoms with Crippen LogP contribution < -0.4 is 5.32 Å². The summed E-state index contributed by atoms with van der Waals surface area (Å²) in [5.74, 6) is 0.294. The third kappa shape index (κ3) is 3.99. The summed E-state index contributed by atoms with van der Waals surface area (Å²) >= 11 is 3.23. The molecule has 0 aliphatic carbocycles. The van der Waals surface area contributed by atoms with Crippen molar-refractivity contribution in [2.24, 2.45) is 0 Å². The van der Waals surface area contributed by atoms with Gasteiger partial charge in [-0.3, -0.25) is 4.79 Å². The number of benzene rings is 1. The van der Waals surface area contributed by atoms with Crippen LogP contribution in [0.2, 0.25) is 0 Å². The molecule has 0 aliphatic rings. The summed E-state index contributed by atoms with van der Waals surface area (Å²) < 4.78 is 1.13. The summed E-state index contributed by atoms with van der Waals surface area (Å²) in [6.07, 6.45) is 1.58. The van der Waals surface area contributed by atoms with Gasteiger partial charge in [-0.15, -0.1) is 22.7 Å². The lowest BCUT2D eigenvalue weighted by atomic mass is 10.00. The van der Waals surface area contributed by atoms with Gasteiger partial charge in [0.05, 0.1) is 4.88 Å². The molecular formula is C18H19NO2S2. The molecule has 1 amide bonds. The van der Waals surface area contributed by atoms with Crippen molar-refractivity contribution in [3.63, 3.8) is 0 Å². The van der Waals surface area contributed by atoms with E-state index in [9.17, 15) is 9.90 Å². The Kier molecular flexibility index (Phi) is 5.43. The normalized spacial score (nSPS) is 12.4. The molecular weight excluding hydrogens is 326 g/mol. The zero-order valence-corrected chi connectivity index (χ0v) is 14.3. The van der Waals surface area contributed by atoms with Crippen molar-refractivity contribution in [1.29, 1.82) is 0 Å². The summed E-state index contributed by atoms with van der Waals surface area (Å²) in [6.45, 7) is 0.794. The number of carbonyl (C=O) groups is 1. The number of nitrogens with one attached hydrogen (secondary N) is 1. The Morgan fingerprint density at radius 1 is 1.17 bits per heavy atom. The first-order valence-electron chi connectivity index (χ1n) is 7.69. The molecule has 1 unspecified atom stereocenters. The van der Waals surface area contributed by atoms with E-state index in [-0.39, 0.29) is 12.5 Å². The number of hydrogen-bond acceptors (Lipinski definition) is 4. The van der Waals surface area contributed by atoms with E-state index in [1.807, 2.05) is 36.4 Å². The van der Waals surface area contributed by atoms with Crippen molar-refractivity contribution in [1.82, 2.24) is 5.32 Å². The van der Waals surface area contributed by atoms with Crippen LogP contribution in [0.5, 0.6) is 0 Å². The molecule has 2 heterocycles. The zero-order valence-electron chi connectivity index (χ0n) is 12.7. The maximum absolute atomic E-state index is 12.3. The topological polar surface area (TPSA) is 49.3 Å². The molecule has 0 saturated carbocycles. The van der Waals surface area contributed by atoms with E-state index in [0.29, 0.717) is 12.5 Å². The van der Waals surface area contributed by atoms with Gasteiger partial charge in [0.1, 0.15) is 0 Å². The third-order valence-corrected chi connectivity index (χ3v) is 6.00. The first kappa shape index (κ1) is 16.2. The molecule has 1 atom stereocenters. The molecule has 3 nitrogen and oxygen atoms in total. The standard InChI is InChI=1S/C18H19NO2S2/c20-10-8-13(15-6-3-11-22-15)7-9-19-18(21)17-12-14-4-1-2-5-16(14)23-17/h1-6,11-13,20H,7-10H2,(H,19,21). The van der Waals surface area contributed by atoms with Crippen molar-refractivity contribution >= 4 is 38.7 Å². The van der Waals surface area contributed by atoms with Crippen molar-refractivity contribution in [2.75, 3.05) is 13.2 Å². The fourth-order valence-corrected chi connectivity index (χ4v) is 4.53. The molecule has 0 bridgehead atoms. The van der Waals surface area contributed by atoms with Crippen LogP contribution in [0.4, 0.5) is 0 Å². The van der Waals surface area contributed by atoms with E-state index in [1.54, 1.807) is 11.3 Å². The summed E-state index contributed by atoms with van der Waals surface area (Å²) in [5, 5.41) is 15.4. The highest BCUT2D eigenvalue weighted by Gasteiger charge is 2.14. The van der Waals surface area contributed by atoms with Crippen LogP contribution in [0.3, 0.4) is 0 Å². The second-order valence-electron chi connectivity index (χ2n) is 5.42. The van der Waals surface area contributed by atoms with Crippen LogP contribution in [0.15, 0.2) is 47.8 Å². The van der Waals surface area contributed by atoms with Gasteiger partial charge in [-0.2, -0.15) is 0 Å². The second-order valence-corrected chi connectivity index (χ2v) is 7.48. The minimum absolute atomic E-state index is 0.0138. The maximum Gasteiger partial charge on any atom is 0.261 e. The molecule has 0 spiro atoms. The average Bonchev–Trinajstić information content (AvgIpc) is 3.23. The lowest BCUT2D eigenvalue weighted by molar-refractivity contribution is 0.0956. The molecule has 0 fully saturated rings. The molecule has 0 aliphatic heterocycles. The van der Waals surface area contributed by atoms with Gasteiger partial charge in [-0.05, 0) is 47.7 Å². The van der Waals surface area contributed by atoms with Crippen LogP contribution in [-0.4, -0.2) is 24.2 Å². The second kappa shape index (κ2) is 7.73. The smallest absolute Gasteiger partial charge is 0.261 e. The zero-order chi connectivity index (χ0) is 16.1. The molecule has 3 rings (SSSR count). The molecule has 0 saturated heterocycles. The van der Waals surface area contributed by atoms with E-state index in [1.165, 1.54) is 16.2 Å². The highest BCUT2D eigenvalue weighted by Crippen LogP contribution is 2.27. The number of amides is 1. The third-order valence-electron chi connectivity index (χ3n) is 3.85. The van der Waals surface area contributed by atoms with E-state index in [0.717, 1.165) is 27.8 Å². The van der Waals surface area contributed by atoms with Gasteiger partial charge < -0.3 is 10.4 Å². The molecule has 0 radical (unpaired) electrons. The predicted octanol–water partition coefficient (Wildman–Crippen LogP) is 4.25. The molecule has 2 N–H and O–H groups in total. The van der Waals surface area contributed by atoms with Gasteiger partial charge in [0, 0.05) is 22.7 Å². The lowest BCUT2D eigenvalue weighted by Gasteiger charge is -2.14. The minimum atomic E-state index is -0.0138. The number of fused-ring (bicyclic) bond motifs is 1. The minimum Gasteiger partial charge on any atom is -0.396 e. The number of aliphatic hydroxyl groups excluding tert-OH is 1. The van der Waals surface area contributed by atoms with Crippen LogP contribution in [0.1, 0.15) is 33.3 Å². The van der Waals surface area contributed by atoms with E-state index in [4.69, 9.17) is 0 Å². The van der Waals surface area contributed by atoms with Gasteiger partial charge in [-0.25, -0.2) is 0 Å². The maximum atomic E-state index is 12.3. The highest BCUT2D eigenvalue weighted by molar-refractivity contribution is 7.20. The van der Waals surface area contributed by atoms with Gasteiger partial charge in [0.15, 0.2) is 0 Å². The fourth-order valence-electron chi connectivity index (χ4n) is 2.65. The van der Waals surface area contributed by atoms with Crippen molar-refractivity contribution < 1.29 is 9.90 Å². The van der Waals surface area contributed by atoms with E-state index in [2.05, 4.69) is 16.8 Å². The number of carbonyl (C=O) groups excluding carboxylic acids is 1. The van der Waals surface area contributed by atoms with Gasteiger partial charge >= 0.3 is 0 Å². The quantitative estimate of drug-likeness (QED) is 0.672. The first-order chi connectivity index (χ1) is 11.3. The van der Waals surface area contributed by atoms with Gasteiger partial charge in [0.2, 0.25) is 0 Å². The number of hydrogen-bond donors (Lipinski definition) is 2. The molecule has 23 heavy (non-hydrogen) atoms. The van der Waals surface area contributed by atoms with Crippen molar-refractivity contribution in [3.05, 3.63) is 57.6 Å². The Balaban J connectivity index is 1.57. The Morgan fingerprint density at radius 2 is 2.04 bits per heavy atom. The predicted molar refractivity (Wildman–Crippen MR) is 97.5 cm³/mol. The van der Waals surface area contributed by atoms with Crippen LogP contribution in [-0.2, 0) is 0 Å². The van der Waals surface area contributed by atoms with Crippen molar-refractivity contribution in [3.8, 4) is 0 Å². The molecule has 5 heteroatoms. The van der Waals surface area contributed by atoms with Gasteiger partial charge in [0.25, 0.3) is 5.91 Å². The summed E-state index contributed by atoms with van der Waals surface area (Å²) in [4.78, 5) is 14.3. The summed E-state index contributed by atoms with van der Waals surface area (Å²) in [7, 11) is 0. The number of rotatable bonds is 7. The average molecular weight is 345 g/mol. The van der Waals surface area contributed by atoms with Gasteiger partial charge in [-0.1, -0.05) is 24.3 Å². The Morgan fingerprint density at radius 3 is 2.78 bits per heavy atom. The highest BCUT2D eigenvalue weighted by atomic mass is 32.1. The Labute approximate surface area is 143 Å². The Bertz CT molecular complexity index is 731. The fraction of sp³-hybridized carbons (Fsp3) is 0.278. The molecule has 3 aromatic rings. The molecule has 2 aromatic heterocycles. The first-order valence-corrected chi connectivity index (χ1v) is 9.38. The molecule has 1 aromatic carbocycles. The monoisotopic (exact) mass is 345 g/mol. The lowest BCUT2D eigenvalue weighted by Crippen LogP contribution is -2.24. The SMILES string of the molecule is O=C(NCCC(CCO)c1cccs1)c1cc2ccccc2s1. The number of thiophene rings is 2.